The lowest BCUT2D eigenvalue weighted by Crippen LogP contribution is -2.33. The number of aliphatic hydroxyl groups is 1. The highest BCUT2D eigenvalue weighted by atomic mass is 16.7. The van der Waals surface area contributed by atoms with E-state index in [1.807, 2.05) is 26.0 Å². The number of rotatable bonds is 5. The molecule has 6 nitrogen and oxygen atoms in total. The Kier molecular flexibility index (Phi) is 13.1. The highest BCUT2D eigenvalue weighted by Gasteiger charge is 2.27. The summed E-state index contributed by atoms with van der Waals surface area (Å²) >= 11 is 0. The summed E-state index contributed by atoms with van der Waals surface area (Å²) in [4.78, 5) is 25.7. The van der Waals surface area contributed by atoms with Gasteiger partial charge in [-0.25, -0.2) is 0 Å². The van der Waals surface area contributed by atoms with E-state index < -0.39 is 12.1 Å². The molecule has 0 aromatic carbocycles. The molecule has 0 bridgehead atoms. The fraction of sp³-hybridized carbons (Fsp3) is 0.733. The van der Waals surface area contributed by atoms with Crippen molar-refractivity contribution in [3.63, 3.8) is 0 Å². The second-order valence-electron chi connectivity index (χ2n) is 10.8. The smallest absolute Gasteiger partial charge is 0.313 e. The Balaban J connectivity index is 2.28. The molecule has 0 spiro atoms. The van der Waals surface area contributed by atoms with Crippen molar-refractivity contribution in [2.45, 2.75) is 111 Å². The molecule has 1 saturated heterocycles. The molecule has 2 heterocycles. The standard InChI is InChI=1S/C30H48O6/c1-7-23-11-12-26(31)18-29(33)36-28(9-3)25(19-34-30-16-21(5)14-22(6)35-30)15-20(4)10-13-27(32)24(8-2)17-23/h9-10,13,15,21-26,30-31H,7-8,11-12,14,16-19H2,1-6H3/b13-10+,20-15+,28-9-. The summed E-state index contributed by atoms with van der Waals surface area (Å²) < 4.78 is 17.8. The molecule has 36 heavy (non-hydrogen) atoms. The number of ether oxygens (including phenoxy) is 3. The molecule has 0 aliphatic carbocycles. The van der Waals surface area contributed by atoms with E-state index in [1.54, 1.807) is 12.2 Å². The summed E-state index contributed by atoms with van der Waals surface area (Å²) in [6.45, 7) is 12.5. The van der Waals surface area contributed by atoms with Crippen LogP contribution in [0.15, 0.2) is 35.6 Å². The molecule has 6 heteroatoms. The first kappa shape index (κ1) is 30.5. The van der Waals surface area contributed by atoms with Gasteiger partial charge in [-0.1, -0.05) is 44.9 Å². The summed E-state index contributed by atoms with van der Waals surface area (Å²) in [5.41, 5.74) is 0.896. The van der Waals surface area contributed by atoms with Gasteiger partial charge in [0, 0.05) is 12.3 Å². The minimum absolute atomic E-state index is 0.0355. The van der Waals surface area contributed by atoms with Crippen LogP contribution in [0.2, 0.25) is 0 Å². The molecule has 0 amide bonds. The highest BCUT2D eigenvalue weighted by molar-refractivity contribution is 5.92. The maximum Gasteiger partial charge on any atom is 0.313 e. The maximum absolute atomic E-state index is 13.0. The van der Waals surface area contributed by atoms with Crippen LogP contribution in [-0.2, 0) is 23.8 Å². The molecule has 2 aliphatic heterocycles. The number of hydrogen-bond acceptors (Lipinski definition) is 6. The van der Waals surface area contributed by atoms with Crippen LogP contribution in [0.1, 0.15) is 92.9 Å². The van der Waals surface area contributed by atoms with Gasteiger partial charge in [0.1, 0.15) is 5.76 Å². The SMILES string of the molecule is C/C=C1\OC(=O)CC(O)CCC(CC)CC(CC)C(=O)/C=C/C(C)=C/C1COC1CC(C)CC(C)O1. The monoisotopic (exact) mass is 504 g/mol. The summed E-state index contributed by atoms with van der Waals surface area (Å²) in [5, 5.41) is 10.5. The summed E-state index contributed by atoms with van der Waals surface area (Å²) in [6, 6.07) is 0. The van der Waals surface area contributed by atoms with Gasteiger partial charge in [0.15, 0.2) is 12.1 Å². The van der Waals surface area contributed by atoms with Gasteiger partial charge in [0.05, 0.1) is 31.2 Å². The van der Waals surface area contributed by atoms with E-state index in [1.165, 1.54) is 0 Å². The Morgan fingerprint density at radius 3 is 2.47 bits per heavy atom. The summed E-state index contributed by atoms with van der Waals surface area (Å²) in [7, 11) is 0. The number of hydrogen-bond donors (Lipinski definition) is 1. The van der Waals surface area contributed by atoms with Crippen LogP contribution in [0.5, 0.6) is 0 Å². The molecule has 2 aliphatic rings. The highest BCUT2D eigenvalue weighted by Crippen LogP contribution is 2.28. The van der Waals surface area contributed by atoms with Gasteiger partial charge in [-0.3, -0.25) is 9.59 Å². The molecule has 0 aromatic heterocycles. The number of ketones is 1. The number of aliphatic hydroxyl groups excluding tert-OH is 1. The van der Waals surface area contributed by atoms with E-state index in [9.17, 15) is 14.7 Å². The molecule has 7 atom stereocenters. The number of esters is 1. The first-order valence-electron chi connectivity index (χ1n) is 13.9. The Morgan fingerprint density at radius 2 is 1.83 bits per heavy atom. The van der Waals surface area contributed by atoms with Crippen molar-refractivity contribution in [1.29, 1.82) is 0 Å². The van der Waals surface area contributed by atoms with Gasteiger partial charge in [0.25, 0.3) is 0 Å². The van der Waals surface area contributed by atoms with Crippen LogP contribution in [0, 0.1) is 23.7 Å². The molecule has 0 aromatic rings. The summed E-state index contributed by atoms with van der Waals surface area (Å²) in [5.74, 6) is 0.663. The molecule has 0 saturated carbocycles. The van der Waals surface area contributed by atoms with E-state index in [0.29, 0.717) is 24.0 Å². The molecular weight excluding hydrogens is 456 g/mol. The van der Waals surface area contributed by atoms with Crippen LogP contribution >= 0.6 is 0 Å². The molecule has 2 rings (SSSR count). The Morgan fingerprint density at radius 1 is 1.08 bits per heavy atom. The fourth-order valence-corrected chi connectivity index (χ4v) is 5.23. The quantitative estimate of drug-likeness (QED) is 0.443. The van der Waals surface area contributed by atoms with Gasteiger partial charge in [-0.05, 0) is 76.9 Å². The van der Waals surface area contributed by atoms with Gasteiger partial charge in [0.2, 0.25) is 0 Å². The Bertz CT molecular complexity index is 787. The minimum Gasteiger partial charge on any atom is -0.431 e. The van der Waals surface area contributed by atoms with Crippen LogP contribution in [0.25, 0.3) is 0 Å². The van der Waals surface area contributed by atoms with Crippen LogP contribution in [-0.4, -0.2) is 42.0 Å². The minimum atomic E-state index is -0.765. The topological polar surface area (TPSA) is 82.1 Å². The average molecular weight is 505 g/mol. The zero-order valence-corrected chi connectivity index (χ0v) is 23.2. The Hall–Kier alpha value is -1.76. The van der Waals surface area contributed by atoms with Gasteiger partial charge >= 0.3 is 5.97 Å². The van der Waals surface area contributed by atoms with Crippen LogP contribution in [0.4, 0.5) is 0 Å². The lowest BCUT2D eigenvalue weighted by Gasteiger charge is -2.32. The third-order valence-corrected chi connectivity index (χ3v) is 7.43. The predicted molar refractivity (Wildman–Crippen MR) is 142 cm³/mol. The van der Waals surface area contributed by atoms with Crippen molar-refractivity contribution in [2.24, 2.45) is 23.7 Å². The van der Waals surface area contributed by atoms with Crippen molar-refractivity contribution in [3.8, 4) is 0 Å². The zero-order chi connectivity index (χ0) is 26.7. The first-order valence-corrected chi connectivity index (χ1v) is 13.9. The van der Waals surface area contributed by atoms with Gasteiger partial charge in [-0.15, -0.1) is 0 Å². The van der Waals surface area contributed by atoms with E-state index in [4.69, 9.17) is 14.2 Å². The second-order valence-corrected chi connectivity index (χ2v) is 10.8. The molecule has 7 unspecified atom stereocenters. The van der Waals surface area contributed by atoms with Crippen molar-refractivity contribution in [1.82, 2.24) is 0 Å². The lowest BCUT2D eigenvalue weighted by atomic mass is 9.84. The van der Waals surface area contributed by atoms with E-state index in [2.05, 4.69) is 27.7 Å². The van der Waals surface area contributed by atoms with Crippen molar-refractivity contribution < 1.29 is 28.9 Å². The number of carbonyl (C=O) groups is 2. The molecule has 1 N–H and O–H groups in total. The van der Waals surface area contributed by atoms with E-state index in [0.717, 1.165) is 44.1 Å². The van der Waals surface area contributed by atoms with Crippen molar-refractivity contribution >= 4 is 11.8 Å². The van der Waals surface area contributed by atoms with Crippen LogP contribution < -0.4 is 0 Å². The lowest BCUT2D eigenvalue weighted by molar-refractivity contribution is -0.202. The largest absolute Gasteiger partial charge is 0.431 e. The molecule has 1 fully saturated rings. The first-order chi connectivity index (χ1) is 17.1. The fourth-order valence-electron chi connectivity index (χ4n) is 5.23. The average Bonchev–Trinajstić information content (AvgIpc) is 2.82. The van der Waals surface area contributed by atoms with Crippen molar-refractivity contribution in [2.75, 3.05) is 6.61 Å². The van der Waals surface area contributed by atoms with Gasteiger partial charge in [-0.2, -0.15) is 0 Å². The van der Waals surface area contributed by atoms with E-state index >= 15 is 0 Å². The summed E-state index contributed by atoms with van der Waals surface area (Å²) in [6.07, 6.45) is 11.9. The third kappa shape index (κ3) is 10.3. The Labute approximate surface area is 218 Å². The number of carbonyl (C=O) groups excluding carboxylic acids is 2. The van der Waals surface area contributed by atoms with Crippen molar-refractivity contribution in [3.05, 3.63) is 35.6 Å². The zero-order valence-electron chi connectivity index (χ0n) is 23.2. The predicted octanol–water partition coefficient (Wildman–Crippen LogP) is 6.29. The molecule has 204 valence electrons. The second kappa shape index (κ2) is 15.5. The van der Waals surface area contributed by atoms with Gasteiger partial charge < -0.3 is 19.3 Å². The third-order valence-electron chi connectivity index (χ3n) is 7.43. The number of cyclic esters (lactones) is 1. The molecular formula is C30H48O6. The van der Waals surface area contributed by atoms with Crippen LogP contribution in [0.3, 0.4) is 0 Å². The number of allylic oxidation sites excluding steroid dienone is 4. The maximum atomic E-state index is 13.0. The normalized spacial score (nSPS) is 37.2. The molecule has 0 radical (unpaired) electrons. The van der Waals surface area contributed by atoms with E-state index in [-0.39, 0.29) is 43.0 Å².